The Morgan fingerprint density at radius 2 is 2.33 bits per heavy atom. The molecule has 1 aliphatic rings. The van der Waals surface area contributed by atoms with Crippen molar-refractivity contribution in [3.8, 4) is 0 Å². The number of rotatable bonds is 6. The van der Waals surface area contributed by atoms with Crippen molar-refractivity contribution in [1.29, 1.82) is 0 Å². The molecule has 2 atom stereocenters. The maximum Gasteiger partial charge on any atom is 0.320 e. The summed E-state index contributed by atoms with van der Waals surface area (Å²) in [5.41, 5.74) is 0. The second-order valence-electron chi connectivity index (χ2n) is 4.53. The fourth-order valence-corrected chi connectivity index (χ4v) is 1.86. The number of aliphatic carboxylic acids is 1. The van der Waals surface area contributed by atoms with Gasteiger partial charge in [0.15, 0.2) is 0 Å². The van der Waals surface area contributed by atoms with Gasteiger partial charge in [-0.2, -0.15) is 0 Å². The Bertz CT molecular complexity index is 200. The van der Waals surface area contributed by atoms with Crippen molar-refractivity contribution in [2.75, 3.05) is 19.8 Å². The molecule has 1 aliphatic heterocycles. The van der Waals surface area contributed by atoms with Crippen LogP contribution in [0.25, 0.3) is 0 Å². The molecule has 0 spiro atoms. The smallest absolute Gasteiger partial charge is 0.320 e. The normalized spacial score (nSPS) is 23.3. The molecule has 1 rings (SSSR count). The minimum Gasteiger partial charge on any atom is -0.480 e. The van der Waals surface area contributed by atoms with Gasteiger partial charge in [0.1, 0.15) is 6.04 Å². The first-order valence-corrected chi connectivity index (χ1v) is 5.65. The van der Waals surface area contributed by atoms with E-state index in [0.717, 1.165) is 32.6 Å². The lowest BCUT2D eigenvalue weighted by Gasteiger charge is -2.18. The second kappa shape index (κ2) is 6.08. The molecule has 2 N–H and O–H groups in total. The summed E-state index contributed by atoms with van der Waals surface area (Å²) in [6, 6.07) is -0.424. The van der Waals surface area contributed by atoms with Crippen LogP contribution in [0.1, 0.15) is 26.7 Å². The number of hydrogen-bond acceptors (Lipinski definition) is 3. The summed E-state index contributed by atoms with van der Waals surface area (Å²) in [5.74, 6) is -0.0193. The van der Waals surface area contributed by atoms with Crippen LogP contribution in [-0.4, -0.2) is 36.9 Å². The molecule has 0 aromatic heterocycles. The molecule has 0 radical (unpaired) electrons. The van der Waals surface area contributed by atoms with Gasteiger partial charge in [0.25, 0.3) is 0 Å². The first-order chi connectivity index (χ1) is 7.11. The van der Waals surface area contributed by atoms with E-state index >= 15 is 0 Å². The third-order valence-electron chi connectivity index (χ3n) is 2.87. The molecule has 0 saturated carbocycles. The second-order valence-corrected chi connectivity index (χ2v) is 4.53. The SMILES string of the molecule is CC(C)C(NCCC1CCOC1)C(=O)O. The van der Waals surface area contributed by atoms with E-state index in [1.807, 2.05) is 13.8 Å². The lowest BCUT2D eigenvalue weighted by atomic mass is 10.0. The highest BCUT2D eigenvalue weighted by Gasteiger charge is 2.21. The van der Waals surface area contributed by atoms with E-state index in [2.05, 4.69) is 5.32 Å². The zero-order valence-electron chi connectivity index (χ0n) is 9.53. The van der Waals surface area contributed by atoms with Crippen molar-refractivity contribution in [1.82, 2.24) is 5.32 Å². The maximum atomic E-state index is 10.9. The van der Waals surface area contributed by atoms with Crippen molar-refractivity contribution >= 4 is 5.97 Å². The maximum absolute atomic E-state index is 10.9. The first-order valence-electron chi connectivity index (χ1n) is 5.65. The van der Waals surface area contributed by atoms with E-state index in [-0.39, 0.29) is 5.92 Å². The molecule has 1 saturated heterocycles. The molecule has 0 amide bonds. The Hall–Kier alpha value is -0.610. The highest BCUT2D eigenvalue weighted by molar-refractivity contribution is 5.73. The Labute approximate surface area is 91.0 Å². The van der Waals surface area contributed by atoms with Crippen molar-refractivity contribution in [3.63, 3.8) is 0 Å². The van der Waals surface area contributed by atoms with Crippen LogP contribution in [0.2, 0.25) is 0 Å². The van der Waals surface area contributed by atoms with E-state index < -0.39 is 12.0 Å². The summed E-state index contributed by atoms with van der Waals surface area (Å²) >= 11 is 0. The van der Waals surface area contributed by atoms with Gasteiger partial charge >= 0.3 is 5.97 Å². The van der Waals surface area contributed by atoms with E-state index in [1.165, 1.54) is 0 Å². The molecule has 0 aliphatic carbocycles. The minimum absolute atomic E-state index is 0.127. The van der Waals surface area contributed by atoms with Crippen LogP contribution in [0, 0.1) is 11.8 Å². The monoisotopic (exact) mass is 215 g/mol. The lowest BCUT2D eigenvalue weighted by Crippen LogP contribution is -2.41. The van der Waals surface area contributed by atoms with Crippen LogP contribution in [-0.2, 0) is 9.53 Å². The summed E-state index contributed by atoms with van der Waals surface area (Å²) in [4.78, 5) is 10.9. The van der Waals surface area contributed by atoms with Crippen LogP contribution in [0.5, 0.6) is 0 Å². The molecule has 0 aromatic rings. The summed E-state index contributed by atoms with van der Waals surface area (Å²) in [6.07, 6.45) is 2.12. The largest absolute Gasteiger partial charge is 0.480 e. The lowest BCUT2D eigenvalue weighted by molar-refractivity contribution is -0.140. The third-order valence-corrected chi connectivity index (χ3v) is 2.87. The first kappa shape index (κ1) is 12.5. The summed E-state index contributed by atoms with van der Waals surface area (Å²) < 4.78 is 5.27. The van der Waals surface area contributed by atoms with Crippen LogP contribution < -0.4 is 5.32 Å². The average molecular weight is 215 g/mol. The summed E-state index contributed by atoms with van der Waals surface area (Å²) in [6.45, 7) is 6.30. The Morgan fingerprint density at radius 3 is 2.80 bits per heavy atom. The van der Waals surface area contributed by atoms with Gasteiger partial charge in [-0.15, -0.1) is 0 Å². The number of hydrogen-bond donors (Lipinski definition) is 2. The van der Waals surface area contributed by atoms with Crippen molar-refractivity contribution in [2.45, 2.75) is 32.7 Å². The molecule has 4 nitrogen and oxygen atoms in total. The molecule has 1 heterocycles. The van der Waals surface area contributed by atoms with Crippen LogP contribution >= 0.6 is 0 Å². The topological polar surface area (TPSA) is 58.6 Å². The van der Waals surface area contributed by atoms with E-state index in [9.17, 15) is 4.79 Å². The van der Waals surface area contributed by atoms with Gasteiger partial charge in [-0.3, -0.25) is 4.79 Å². The van der Waals surface area contributed by atoms with Crippen molar-refractivity contribution < 1.29 is 14.6 Å². The summed E-state index contributed by atoms with van der Waals surface area (Å²) in [7, 11) is 0. The average Bonchev–Trinajstić information content (AvgIpc) is 2.63. The summed E-state index contributed by atoms with van der Waals surface area (Å²) in [5, 5.41) is 12.0. The predicted octanol–water partition coefficient (Wildman–Crippen LogP) is 1.11. The molecule has 15 heavy (non-hydrogen) atoms. The zero-order chi connectivity index (χ0) is 11.3. The van der Waals surface area contributed by atoms with Gasteiger partial charge < -0.3 is 15.2 Å². The van der Waals surface area contributed by atoms with Crippen LogP contribution in [0.15, 0.2) is 0 Å². The van der Waals surface area contributed by atoms with Crippen LogP contribution in [0.3, 0.4) is 0 Å². The third kappa shape index (κ3) is 4.18. The molecule has 4 heteroatoms. The van der Waals surface area contributed by atoms with Gasteiger partial charge in [-0.05, 0) is 31.2 Å². The van der Waals surface area contributed by atoms with Gasteiger partial charge in [0, 0.05) is 13.2 Å². The highest BCUT2D eigenvalue weighted by atomic mass is 16.5. The number of carbonyl (C=O) groups is 1. The highest BCUT2D eigenvalue weighted by Crippen LogP contribution is 2.15. The van der Waals surface area contributed by atoms with E-state index in [0.29, 0.717) is 5.92 Å². The van der Waals surface area contributed by atoms with Crippen molar-refractivity contribution in [3.05, 3.63) is 0 Å². The Morgan fingerprint density at radius 1 is 1.60 bits per heavy atom. The predicted molar refractivity (Wildman–Crippen MR) is 57.8 cm³/mol. The molecular weight excluding hydrogens is 194 g/mol. The molecule has 1 fully saturated rings. The molecule has 88 valence electrons. The zero-order valence-corrected chi connectivity index (χ0v) is 9.53. The standard InChI is InChI=1S/C11H21NO3/c1-8(2)10(11(13)14)12-5-3-9-4-6-15-7-9/h8-10,12H,3-7H2,1-2H3,(H,13,14). The Kier molecular flexibility index (Phi) is 5.05. The number of ether oxygens (including phenoxy) is 1. The number of nitrogens with one attached hydrogen (secondary N) is 1. The number of carboxylic acids is 1. The van der Waals surface area contributed by atoms with Crippen LogP contribution in [0.4, 0.5) is 0 Å². The molecular formula is C11H21NO3. The number of carboxylic acid groups (broad SMARTS) is 1. The van der Waals surface area contributed by atoms with Gasteiger partial charge in [0.2, 0.25) is 0 Å². The molecule has 0 bridgehead atoms. The fraction of sp³-hybridized carbons (Fsp3) is 0.909. The fourth-order valence-electron chi connectivity index (χ4n) is 1.86. The molecule has 2 unspecified atom stereocenters. The van der Waals surface area contributed by atoms with E-state index in [1.54, 1.807) is 0 Å². The Balaban J connectivity index is 2.18. The minimum atomic E-state index is -0.757. The molecule has 0 aromatic carbocycles. The van der Waals surface area contributed by atoms with E-state index in [4.69, 9.17) is 9.84 Å². The van der Waals surface area contributed by atoms with Gasteiger partial charge in [-0.1, -0.05) is 13.8 Å². The quantitative estimate of drug-likeness (QED) is 0.697. The van der Waals surface area contributed by atoms with Gasteiger partial charge in [-0.25, -0.2) is 0 Å². The van der Waals surface area contributed by atoms with Crippen molar-refractivity contribution in [2.24, 2.45) is 11.8 Å². The van der Waals surface area contributed by atoms with Gasteiger partial charge in [0.05, 0.1) is 0 Å².